The van der Waals surface area contributed by atoms with Crippen LogP contribution < -0.4 is 5.32 Å². The van der Waals surface area contributed by atoms with Gasteiger partial charge in [0.25, 0.3) is 0 Å². The fourth-order valence-electron chi connectivity index (χ4n) is 3.12. The Bertz CT molecular complexity index is 1030. The molecule has 0 spiro atoms. The molecule has 128 valence electrons. The quantitative estimate of drug-likeness (QED) is 0.557. The molecular weight excluding hydrogens is 322 g/mol. The molecule has 0 bridgehead atoms. The largest absolute Gasteiger partial charge is 0.505 e. The first-order chi connectivity index (χ1) is 12.7. The van der Waals surface area contributed by atoms with E-state index in [-0.39, 0.29) is 11.8 Å². The van der Waals surface area contributed by atoms with Crippen molar-refractivity contribution in [3.8, 4) is 5.75 Å². The lowest BCUT2D eigenvalue weighted by atomic mass is 9.96. The van der Waals surface area contributed by atoms with Crippen LogP contribution in [0, 0.1) is 6.92 Å². The van der Waals surface area contributed by atoms with E-state index in [0.717, 1.165) is 27.9 Å². The highest BCUT2D eigenvalue weighted by Crippen LogP contribution is 2.36. The van der Waals surface area contributed by atoms with E-state index in [9.17, 15) is 5.11 Å². The molecule has 1 atom stereocenters. The number of aromatic nitrogens is 2. The number of rotatable bonds is 4. The van der Waals surface area contributed by atoms with E-state index in [0.29, 0.717) is 5.52 Å². The Morgan fingerprint density at radius 1 is 0.885 bits per heavy atom. The standard InChI is InChI=1S/C22H19N3O/c1-15-7-8-17-9-10-19(22(26)21(17)24-15)20(16-5-3-2-4-6-16)25-18-11-13-23-14-12-18/h2-14,20,26H,1H3,(H,23,25). The minimum absolute atomic E-state index is 0.203. The molecule has 2 heterocycles. The summed E-state index contributed by atoms with van der Waals surface area (Å²) in [5.41, 5.74) is 4.29. The number of hydrogen-bond acceptors (Lipinski definition) is 4. The number of phenolic OH excluding ortho intramolecular Hbond substituents is 1. The molecule has 0 aliphatic rings. The van der Waals surface area contributed by atoms with Crippen molar-refractivity contribution in [3.63, 3.8) is 0 Å². The van der Waals surface area contributed by atoms with Gasteiger partial charge in [0.15, 0.2) is 0 Å². The molecule has 0 saturated heterocycles. The maximum Gasteiger partial charge on any atom is 0.147 e. The van der Waals surface area contributed by atoms with E-state index in [1.807, 2.05) is 73.7 Å². The van der Waals surface area contributed by atoms with Crippen LogP contribution >= 0.6 is 0 Å². The molecule has 0 saturated carbocycles. The molecule has 0 aliphatic heterocycles. The monoisotopic (exact) mass is 341 g/mol. The Morgan fingerprint density at radius 3 is 2.38 bits per heavy atom. The predicted octanol–water partition coefficient (Wildman–Crippen LogP) is 4.85. The van der Waals surface area contributed by atoms with Gasteiger partial charge in [-0.05, 0) is 30.7 Å². The van der Waals surface area contributed by atoms with Crippen molar-refractivity contribution in [1.29, 1.82) is 0 Å². The van der Waals surface area contributed by atoms with Crippen LogP contribution in [0.15, 0.2) is 79.1 Å². The zero-order chi connectivity index (χ0) is 17.9. The Morgan fingerprint density at radius 2 is 1.62 bits per heavy atom. The van der Waals surface area contributed by atoms with Crippen LogP contribution in [0.25, 0.3) is 10.9 Å². The molecule has 0 aliphatic carbocycles. The lowest BCUT2D eigenvalue weighted by Crippen LogP contribution is -2.13. The summed E-state index contributed by atoms with van der Waals surface area (Å²) in [4.78, 5) is 8.60. The molecule has 4 aromatic rings. The first-order valence-electron chi connectivity index (χ1n) is 8.53. The van der Waals surface area contributed by atoms with Crippen LogP contribution in [0.1, 0.15) is 22.9 Å². The molecule has 4 rings (SSSR count). The Labute approximate surface area is 152 Å². The van der Waals surface area contributed by atoms with E-state index < -0.39 is 0 Å². The van der Waals surface area contributed by atoms with Crippen molar-refractivity contribution >= 4 is 16.6 Å². The normalized spacial score (nSPS) is 12.0. The van der Waals surface area contributed by atoms with Gasteiger partial charge < -0.3 is 10.4 Å². The zero-order valence-corrected chi connectivity index (χ0v) is 14.4. The lowest BCUT2D eigenvalue weighted by Gasteiger charge is -2.22. The van der Waals surface area contributed by atoms with Gasteiger partial charge in [-0.3, -0.25) is 4.98 Å². The number of aryl methyl sites for hydroxylation is 1. The van der Waals surface area contributed by atoms with Crippen molar-refractivity contribution in [2.24, 2.45) is 0 Å². The maximum absolute atomic E-state index is 11.0. The third-order valence-corrected chi connectivity index (χ3v) is 4.44. The van der Waals surface area contributed by atoms with Gasteiger partial charge in [-0.15, -0.1) is 0 Å². The second-order valence-electron chi connectivity index (χ2n) is 6.25. The third kappa shape index (κ3) is 3.09. The summed E-state index contributed by atoms with van der Waals surface area (Å²) < 4.78 is 0. The Balaban J connectivity index is 1.86. The number of aromatic hydroxyl groups is 1. The molecule has 0 fully saturated rings. The molecule has 2 N–H and O–H groups in total. The summed E-state index contributed by atoms with van der Waals surface area (Å²) in [6, 6.07) is 21.6. The molecule has 26 heavy (non-hydrogen) atoms. The van der Waals surface area contributed by atoms with Crippen molar-refractivity contribution in [3.05, 3.63) is 95.9 Å². The van der Waals surface area contributed by atoms with Crippen LogP contribution in [0.2, 0.25) is 0 Å². The fourth-order valence-corrected chi connectivity index (χ4v) is 3.12. The van der Waals surface area contributed by atoms with Crippen LogP contribution in [0.5, 0.6) is 5.75 Å². The number of pyridine rings is 2. The Hall–Kier alpha value is -3.40. The minimum atomic E-state index is -0.203. The molecule has 4 heteroatoms. The molecular formula is C22H19N3O. The van der Waals surface area contributed by atoms with Gasteiger partial charge in [0.2, 0.25) is 0 Å². The van der Waals surface area contributed by atoms with E-state index >= 15 is 0 Å². The number of fused-ring (bicyclic) bond motifs is 1. The van der Waals surface area contributed by atoms with Crippen molar-refractivity contribution in [2.75, 3.05) is 5.32 Å². The molecule has 4 nitrogen and oxygen atoms in total. The van der Waals surface area contributed by atoms with Gasteiger partial charge in [-0.2, -0.15) is 0 Å². The van der Waals surface area contributed by atoms with Gasteiger partial charge in [0, 0.05) is 34.7 Å². The average Bonchev–Trinajstić information content (AvgIpc) is 2.69. The topological polar surface area (TPSA) is 58.0 Å². The van der Waals surface area contributed by atoms with Gasteiger partial charge in [0.1, 0.15) is 11.3 Å². The third-order valence-electron chi connectivity index (χ3n) is 4.44. The second-order valence-corrected chi connectivity index (χ2v) is 6.25. The first-order valence-corrected chi connectivity index (χ1v) is 8.53. The maximum atomic E-state index is 11.0. The average molecular weight is 341 g/mol. The van der Waals surface area contributed by atoms with E-state index in [2.05, 4.69) is 15.3 Å². The molecule has 1 unspecified atom stereocenters. The lowest BCUT2D eigenvalue weighted by molar-refractivity contribution is 0.471. The van der Waals surface area contributed by atoms with Crippen molar-refractivity contribution < 1.29 is 5.11 Å². The number of benzene rings is 2. The van der Waals surface area contributed by atoms with Crippen molar-refractivity contribution in [2.45, 2.75) is 13.0 Å². The van der Waals surface area contributed by atoms with Gasteiger partial charge in [-0.1, -0.05) is 48.5 Å². The summed E-state index contributed by atoms with van der Waals surface area (Å²) in [7, 11) is 0. The summed E-state index contributed by atoms with van der Waals surface area (Å²) in [6.07, 6.45) is 3.49. The first kappa shape index (κ1) is 16.1. The number of hydrogen-bond donors (Lipinski definition) is 2. The van der Waals surface area contributed by atoms with Crippen molar-refractivity contribution in [1.82, 2.24) is 9.97 Å². The van der Waals surface area contributed by atoms with E-state index in [1.54, 1.807) is 12.4 Å². The Kier molecular flexibility index (Phi) is 4.23. The van der Waals surface area contributed by atoms with Gasteiger partial charge in [0.05, 0.1) is 6.04 Å². The number of phenols is 1. The van der Waals surface area contributed by atoms with Crippen LogP contribution in [0.3, 0.4) is 0 Å². The summed E-state index contributed by atoms with van der Waals surface area (Å²) in [5.74, 6) is 0.210. The summed E-state index contributed by atoms with van der Waals surface area (Å²) in [5, 5.41) is 15.4. The molecule has 2 aromatic heterocycles. The van der Waals surface area contributed by atoms with E-state index in [4.69, 9.17) is 0 Å². The molecule has 0 amide bonds. The summed E-state index contributed by atoms with van der Waals surface area (Å²) in [6.45, 7) is 1.93. The van der Waals surface area contributed by atoms with Crippen LogP contribution in [-0.4, -0.2) is 15.1 Å². The minimum Gasteiger partial charge on any atom is -0.505 e. The highest BCUT2D eigenvalue weighted by atomic mass is 16.3. The second kappa shape index (κ2) is 6.84. The van der Waals surface area contributed by atoms with Crippen LogP contribution in [0.4, 0.5) is 5.69 Å². The number of anilines is 1. The zero-order valence-electron chi connectivity index (χ0n) is 14.4. The fraction of sp³-hybridized carbons (Fsp3) is 0.0909. The van der Waals surface area contributed by atoms with E-state index in [1.165, 1.54) is 0 Å². The SMILES string of the molecule is Cc1ccc2ccc(C(Nc3ccncc3)c3ccccc3)c(O)c2n1. The number of nitrogens with zero attached hydrogens (tertiary/aromatic N) is 2. The summed E-state index contributed by atoms with van der Waals surface area (Å²) >= 11 is 0. The molecule has 2 aromatic carbocycles. The highest BCUT2D eigenvalue weighted by Gasteiger charge is 2.20. The van der Waals surface area contributed by atoms with Gasteiger partial charge in [-0.25, -0.2) is 4.98 Å². The van der Waals surface area contributed by atoms with Gasteiger partial charge >= 0.3 is 0 Å². The predicted molar refractivity (Wildman–Crippen MR) is 104 cm³/mol. The molecule has 0 radical (unpaired) electrons. The highest BCUT2D eigenvalue weighted by molar-refractivity contribution is 5.86. The van der Waals surface area contributed by atoms with Crippen LogP contribution in [-0.2, 0) is 0 Å². The number of nitrogens with one attached hydrogen (secondary N) is 1. The smallest absolute Gasteiger partial charge is 0.147 e.